The molecule has 1 aromatic carbocycles. The van der Waals surface area contributed by atoms with E-state index in [1.807, 2.05) is 30.3 Å². The second kappa shape index (κ2) is 6.89. The number of benzene rings is 1. The fourth-order valence-corrected chi connectivity index (χ4v) is 4.17. The lowest BCUT2D eigenvalue weighted by molar-refractivity contribution is 0.0942. The highest BCUT2D eigenvalue weighted by atomic mass is 16.1. The quantitative estimate of drug-likeness (QED) is 0.939. The van der Waals surface area contributed by atoms with Crippen molar-refractivity contribution < 1.29 is 4.79 Å². The van der Waals surface area contributed by atoms with Crippen molar-refractivity contribution in [2.45, 2.75) is 38.1 Å². The average molecular weight is 323 g/mol. The Labute approximate surface area is 143 Å². The van der Waals surface area contributed by atoms with E-state index in [0.717, 1.165) is 29.9 Å². The summed E-state index contributed by atoms with van der Waals surface area (Å²) in [4.78, 5) is 19.3. The van der Waals surface area contributed by atoms with Crippen LogP contribution in [-0.2, 0) is 0 Å². The number of fused-ring (bicyclic) bond motifs is 1. The topological polar surface area (TPSA) is 45.2 Å². The van der Waals surface area contributed by atoms with Gasteiger partial charge in [-0.15, -0.1) is 0 Å². The molecule has 4 heteroatoms. The molecule has 1 amide bonds. The molecule has 0 bridgehead atoms. The summed E-state index contributed by atoms with van der Waals surface area (Å²) in [5.74, 6) is 0.523. The third-order valence-electron chi connectivity index (χ3n) is 5.57. The standard InChI is InChI=1S/C20H25N3O/c24-20(19-11-16-5-1-2-6-17(16)13-21-19)22-12-15-9-10-23(14-15)18-7-3-4-8-18/h1-2,5-6,11,13,15,18H,3-4,7-10,12,14H2,(H,22,24)/t15-/m1/s1. The van der Waals surface area contributed by atoms with Crippen LogP contribution < -0.4 is 5.32 Å². The van der Waals surface area contributed by atoms with E-state index < -0.39 is 0 Å². The maximum Gasteiger partial charge on any atom is 0.269 e. The van der Waals surface area contributed by atoms with Crippen LogP contribution in [-0.4, -0.2) is 41.5 Å². The van der Waals surface area contributed by atoms with Crippen molar-refractivity contribution in [3.63, 3.8) is 0 Å². The third kappa shape index (κ3) is 3.29. The summed E-state index contributed by atoms with van der Waals surface area (Å²) < 4.78 is 0. The van der Waals surface area contributed by atoms with E-state index in [1.165, 1.54) is 38.6 Å². The zero-order chi connectivity index (χ0) is 16.4. The molecular formula is C20H25N3O. The Hall–Kier alpha value is -1.94. The summed E-state index contributed by atoms with van der Waals surface area (Å²) in [7, 11) is 0. The second-order valence-corrected chi connectivity index (χ2v) is 7.21. The van der Waals surface area contributed by atoms with Crippen LogP contribution in [0.5, 0.6) is 0 Å². The predicted molar refractivity (Wildman–Crippen MR) is 96.0 cm³/mol. The van der Waals surface area contributed by atoms with Gasteiger partial charge in [0.1, 0.15) is 5.69 Å². The lowest BCUT2D eigenvalue weighted by Gasteiger charge is -2.23. The number of likely N-dealkylation sites (tertiary alicyclic amines) is 1. The van der Waals surface area contributed by atoms with Crippen LogP contribution in [0.4, 0.5) is 0 Å². The van der Waals surface area contributed by atoms with Crippen LogP contribution in [0.1, 0.15) is 42.6 Å². The SMILES string of the molecule is O=C(NC[C@H]1CCN(C2CCCC2)C1)c1cc2ccccc2cn1. The zero-order valence-electron chi connectivity index (χ0n) is 14.1. The van der Waals surface area contributed by atoms with Gasteiger partial charge in [0.05, 0.1) is 0 Å². The molecule has 1 N–H and O–H groups in total. The van der Waals surface area contributed by atoms with Crippen molar-refractivity contribution in [1.29, 1.82) is 0 Å². The number of amides is 1. The van der Waals surface area contributed by atoms with Gasteiger partial charge in [-0.2, -0.15) is 0 Å². The van der Waals surface area contributed by atoms with E-state index in [9.17, 15) is 4.79 Å². The predicted octanol–water partition coefficient (Wildman–Crippen LogP) is 3.23. The molecule has 0 radical (unpaired) electrons. The second-order valence-electron chi connectivity index (χ2n) is 7.21. The van der Waals surface area contributed by atoms with Crippen LogP contribution in [0.25, 0.3) is 10.8 Å². The van der Waals surface area contributed by atoms with Gasteiger partial charge in [-0.3, -0.25) is 9.78 Å². The van der Waals surface area contributed by atoms with E-state index in [1.54, 1.807) is 6.20 Å². The normalized spacial score (nSPS) is 22.2. The van der Waals surface area contributed by atoms with Crippen molar-refractivity contribution in [1.82, 2.24) is 15.2 Å². The molecule has 126 valence electrons. The molecule has 0 spiro atoms. The number of hydrogen-bond donors (Lipinski definition) is 1. The van der Waals surface area contributed by atoms with Gasteiger partial charge in [0.25, 0.3) is 5.91 Å². The molecule has 0 unspecified atom stereocenters. The lowest BCUT2D eigenvalue weighted by Crippen LogP contribution is -2.34. The van der Waals surface area contributed by atoms with Gasteiger partial charge < -0.3 is 10.2 Å². The number of rotatable bonds is 4. The molecule has 1 aliphatic heterocycles. The summed E-state index contributed by atoms with van der Waals surface area (Å²) >= 11 is 0. The number of hydrogen-bond acceptors (Lipinski definition) is 3. The van der Waals surface area contributed by atoms with Crippen LogP contribution in [0, 0.1) is 5.92 Å². The van der Waals surface area contributed by atoms with Crippen molar-refractivity contribution in [2.24, 2.45) is 5.92 Å². The largest absolute Gasteiger partial charge is 0.350 e. The Morgan fingerprint density at radius 3 is 2.79 bits per heavy atom. The highest BCUT2D eigenvalue weighted by Gasteiger charge is 2.30. The number of pyridine rings is 1. The number of carbonyl (C=O) groups excluding carboxylic acids is 1. The van der Waals surface area contributed by atoms with Gasteiger partial charge in [0.2, 0.25) is 0 Å². The molecule has 4 rings (SSSR count). The maximum absolute atomic E-state index is 12.4. The Kier molecular flexibility index (Phi) is 4.48. The summed E-state index contributed by atoms with van der Waals surface area (Å²) in [6.07, 6.45) is 8.47. The Morgan fingerprint density at radius 2 is 1.96 bits per heavy atom. The van der Waals surface area contributed by atoms with Crippen molar-refractivity contribution in [3.8, 4) is 0 Å². The van der Waals surface area contributed by atoms with Crippen LogP contribution in [0.2, 0.25) is 0 Å². The first kappa shape index (κ1) is 15.6. The van der Waals surface area contributed by atoms with E-state index in [-0.39, 0.29) is 5.91 Å². The molecule has 2 aromatic rings. The van der Waals surface area contributed by atoms with E-state index >= 15 is 0 Å². The summed E-state index contributed by atoms with van der Waals surface area (Å²) in [6, 6.07) is 10.7. The van der Waals surface area contributed by atoms with E-state index in [4.69, 9.17) is 0 Å². The van der Waals surface area contributed by atoms with Gasteiger partial charge in [-0.1, -0.05) is 37.1 Å². The Morgan fingerprint density at radius 1 is 1.17 bits per heavy atom. The molecule has 2 aliphatic rings. The lowest BCUT2D eigenvalue weighted by atomic mass is 10.1. The molecule has 2 fully saturated rings. The molecular weight excluding hydrogens is 298 g/mol. The molecule has 4 nitrogen and oxygen atoms in total. The number of carbonyl (C=O) groups is 1. The van der Waals surface area contributed by atoms with Crippen LogP contribution >= 0.6 is 0 Å². The third-order valence-corrected chi connectivity index (χ3v) is 5.57. The fraction of sp³-hybridized carbons (Fsp3) is 0.500. The summed E-state index contributed by atoms with van der Waals surface area (Å²) in [6.45, 7) is 3.09. The minimum atomic E-state index is -0.0555. The minimum Gasteiger partial charge on any atom is -0.350 e. The van der Waals surface area contributed by atoms with Gasteiger partial charge in [-0.25, -0.2) is 0 Å². The van der Waals surface area contributed by atoms with Gasteiger partial charge >= 0.3 is 0 Å². The van der Waals surface area contributed by atoms with Crippen LogP contribution in [0.15, 0.2) is 36.5 Å². The summed E-state index contributed by atoms with van der Waals surface area (Å²) in [5, 5.41) is 5.22. The first-order chi connectivity index (χ1) is 11.8. The van der Waals surface area contributed by atoms with Crippen molar-refractivity contribution in [2.75, 3.05) is 19.6 Å². The molecule has 1 aliphatic carbocycles. The van der Waals surface area contributed by atoms with Gasteiger partial charge in [-0.05, 0) is 43.2 Å². The van der Waals surface area contributed by atoms with Gasteiger partial charge in [0.15, 0.2) is 0 Å². The minimum absolute atomic E-state index is 0.0555. The fourth-order valence-electron chi connectivity index (χ4n) is 4.17. The highest BCUT2D eigenvalue weighted by Crippen LogP contribution is 2.28. The van der Waals surface area contributed by atoms with Gasteiger partial charge in [0, 0.05) is 30.7 Å². The molecule has 1 atom stereocenters. The molecule has 2 heterocycles. The molecule has 1 saturated carbocycles. The van der Waals surface area contributed by atoms with Crippen molar-refractivity contribution in [3.05, 3.63) is 42.2 Å². The smallest absolute Gasteiger partial charge is 0.269 e. The number of aromatic nitrogens is 1. The summed E-state index contributed by atoms with van der Waals surface area (Å²) in [5.41, 5.74) is 0.513. The number of nitrogens with zero attached hydrogens (tertiary/aromatic N) is 2. The average Bonchev–Trinajstić information content (AvgIpc) is 3.30. The van der Waals surface area contributed by atoms with Crippen molar-refractivity contribution >= 4 is 16.7 Å². The Balaban J connectivity index is 1.32. The maximum atomic E-state index is 12.4. The van der Waals surface area contributed by atoms with E-state index in [2.05, 4.69) is 15.2 Å². The molecule has 1 aromatic heterocycles. The Bertz CT molecular complexity index is 724. The zero-order valence-corrected chi connectivity index (χ0v) is 14.1. The van der Waals surface area contributed by atoms with E-state index in [0.29, 0.717) is 11.6 Å². The number of nitrogens with one attached hydrogen (secondary N) is 1. The highest BCUT2D eigenvalue weighted by molar-refractivity contribution is 5.96. The molecule has 24 heavy (non-hydrogen) atoms. The first-order valence-corrected chi connectivity index (χ1v) is 9.16. The molecule has 1 saturated heterocycles. The first-order valence-electron chi connectivity index (χ1n) is 9.16. The monoisotopic (exact) mass is 323 g/mol. The van der Waals surface area contributed by atoms with Crippen LogP contribution in [0.3, 0.4) is 0 Å².